The van der Waals surface area contributed by atoms with Crippen molar-refractivity contribution in [1.82, 2.24) is 20.2 Å². The van der Waals surface area contributed by atoms with Crippen LogP contribution in [0.4, 0.5) is 5.69 Å². The molecule has 3 rings (SSSR count). The van der Waals surface area contributed by atoms with Gasteiger partial charge in [0.2, 0.25) is 0 Å². The summed E-state index contributed by atoms with van der Waals surface area (Å²) in [5, 5.41) is 12.5. The number of tetrazole rings is 1. The molecule has 1 aromatic heterocycles. The maximum atomic E-state index is 6.01. The lowest BCUT2D eigenvalue weighted by Crippen LogP contribution is -2.22. The van der Waals surface area contributed by atoms with Crippen LogP contribution in [0.15, 0.2) is 18.2 Å². The van der Waals surface area contributed by atoms with Crippen molar-refractivity contribution >= 4 is 17.3 Å². The van der Waals surface area contributed by atoms with Crippen LogP contribution in [0.3, 0.4) is 0 Å². The SMILES string of the molecule is CC(C1CCCO1)n1nnnc1-c1ccc(Cl)cc1N. The van der Waals surface area contributed by atoms with Gasteiger partial charge in [0.05, 0.1) is 12.1 Å². The number of hydrogen-bond donors (Lipinski definition) is 1. The molecule has 7 heteroatoms. The summed E-state index contributed by atoms with van der Waals surface area (Å²) in [5.41, 5.74) is 7.36. The molecule has 0 bridgehead atoms. The van der Waals surface area contributed by atoms with E-state index in [-0.39, 0.29) is 12.1 Å². The van der Waals surface area contributed by atoms with E-state index >= 15 is 0 Å². The number of hydrogen-bond acceptors (Lipinski definition) is 5. The van der Waals surface area contributed by atoms with Crippen LogP contribution in [0.2, 0.25) is 5.02 Å². The zero-order valence-corrected chi connectivity index (χ0v) is 11.9. The van der Waals surface area contributed by atoms with E-state index in [0.29, 0.717) is 16.5 Å². The Morgan fingerprint density at radius 3 is 3.05 bits per heavy atom. The molecule has 20 heavy (non-hydrogen) atoms. The van der Waals surface area contributed by atoms with Gasteiger partial charge in [-0.1, -0.05) is 11.6 Å². The van der Waals surface area contributed by atoms with Gasteiger partial charge in [0.1, 0.15) is 0 Å². The Labute approximate surface area is 121 Å². The second-order valence-corrected chi connectivity index (χ2v) is 5.41. The van der Waals surface area contributed by atoms with Crippen molar-refractivity contribution in [2.24, 2.45) is 0 Å². The highest BCUT2D eigenvalue weighted by Gasteiger charge is 2.27. The first-order chi connectivity index (χ1) is 9.66. The molecule has 0 radical (unpaired) electrons. The summed E-state index contributed by atoms with van der Waals surface area (Å²) in [5.74, 6) is 0.641. The van der Waals surface area contributed by atoms with Crippen molar-refractivity contribution in [2.75, 3.05) is 12.3 Å². The van der Waals surface area contributed by atoms with Gasteiger partial charge in [-0.3, -0.25) is 0 Å². The van der Waals surface area contributed by atoms with E-state index in [1.54, 1.807) is 16.8 Å². The van der Waals surface area contributed by atoms with Gasteiger partial charge >= 0.3 is 0 Å². The average molecular weight is 294 g/mol. The molecule has 1 saturated heterocycles. The number of benzene rings is 1. The predicted octanol–water partition coefficient (Wildman–Crippen LogP) is 2.32. The maximum absolute atomic E-state index is 6.01. The van der Waals surface area contributed by atoms with Crippen molar-refractivity contribution in [3.63, 3.8) is 0 Å². The Morgan fingerprint density at radius 1 is 1.50 bits per heavy atom. The minimum absolute atomic E-state index is 0.0672. The van der Waals surface area contributed by atoms with Crippen LogP contribution in [0, 0.1) is 0 Å². The molecule has 0 saturated carbocycles. The summed E-state index contributed by atoms with van der Waals surface area (Å²) >= 11 is 5.93. The summed E-state index contributed by atoms with van der Waals surface area (Å²) in [6, 6.07) is 5.38. The lowest BCUT2D eigenvalue weighted by molar-refractivity contribution is 0.0690. The Morgan fingerprint density at radius 2 is 2.35 bits per heavy atom. The maximum Gasteiger partial charge on any atom is 0.184 e. The highest BCUT2D eigenvalue weighted by atomic mass is 35.5. The molecule has 2 atom stereocenters. The molecule has 1 aliphatic heterocycles. The highest BCUT2D eigenvalue weighted by Crippen LogP contribution is 2.30. The molecular formula is C13H16ClN5O. The third-order valence-corrected chi connectivity index (χ3v) is 3.87. The fourth-order valence-electron chi connectivity index (χ4n) is 2.52. The molecule has 0 amide bonds. The molecule has 0 aliphatic carbocycles. The number of rotatable bonds is 3. The molecule has 106 valence electrons. The van der Waals surface area contributed by atoms with Crippen LogP contribution in [-0.2, 0) is 4.74 Å². The van der Waals surface area contributed by atoms with Gasteiger partial charge in [-0.2, -0.15) is 0 Å². The monoisotopic (exact) mass is 293 g/mol. The second kappa shape index (κ2) is 5.38. The summed E-state index contributed by atoms with van der Waals surface area (Å²) in [7, 11) is 0. The first kappa shape index (κ1) is 13.3. The number of anilines is 1. The largest absolute Gasteiger partial charge is 0.398 e. The van der Waals surface area contributed by atoms with Gasteiger partial charge in [-0.15, -0.1) is 5.10 Å². The molecular weight excluding hydrogens is 278 g/mol. The van der Waals surface area contributed by atoms with E-state index in [1.165, 1.54) is 0 Å². The van der Waals surface area contributed by atoms with Crippen molar-refractivity contribution < 1.29 is 4.74 Å². The van der Waals surface area contributed by atoms with Crippen molar-refractivity contribution in [2.45, 2.75) is 31.9 Å². The van der Waals surface area contributed by atoms with Crippen LogP contribution in [0.1, 0.15) is 25.8 Å². The van der Waals surface area contributed by atoms with E-state index in [2.05, 4.69) is 22.4 Å². The minimum Gasteiger partial charge on any atom is -0.398 e. The fourth-order valence-corrected chi connectivity index (χ4v) is 2.70. The first-order valence-electron chi connectivity index (χ1n) is 6.61. The normalized spacial score (nSPS) is 20.2. The summed E-state index contributed by atoms with van der Waals surface area (Å²) in [6.07, 6.45) is 2.25. The lowest BCUT2D eigenvalue weighted by Gasteiger charge is -2.19. The number of nitrogen functional groups attached to an aromatic ring is 1. The van der Waals surface area contributed by atoms with Crippen LogP contribution in [-0.4, -0.2) is 32.9 Å². The van der Waals surface area contributed by atoms with Gasteiger partial charge in [0.25, 0.3) is 0 Å². The smallest absolute Gasteiger partial charge is 0.184 e. The van der Waals surface area contributed by atoms with Crippen molar-refractivity contribution in [1.29, 1.82) is 0 Å². The highest BCUT2D eigenvalue weighted by molar-refractivity contribution is 6.31. The summed E-state index contributed by atoms with van der Waals surface area (Å²) in [6.45, 7) is 2.86. The van der Waals surface area contributed by atoms with Crippen LogP contribution in [0.25, 0.3) is 11.4 Å². The number of aromatic nitrogens is 4. The van der Waals surface area contributed by atoms with Gasteiger partial charge in [-0.05, 0) is 48.4 Å². The van der Waals surface area contributed by atoms with Gasteiger partial charge in [0, 0.05) is 22.9 Å². The molecule has 1 aliphatic rings. The van der Waals surface area contributed by atoms with Crippen LogP contribution in [0.5, 0.6) is 0 Å². The van der Waals surface area contributed by atoms with Crippen molar-refractivity contribution in [3.05, 3.63) is 23.2 Å². The fraction of sp³-hybridized carbons (Fsp3) is 0.462. The van der Waals surface area contributed by atoms with Crippen LogP contribution >= 0.6 is 11.6 Å². The average Bonchev–Trinajstić information content (AvgIpc) is 3.09. The van der Waals surface area contributed by atoms with Crippen molar-refractivity contribution in [3.8, 4) is 11.4 Å². The first-order valence-corrected chi connectivity index (χ1v) is 6.99. The van der Waals surface area contributed by atoms with Gasteiger partial charge < -0.3 is 10.5 Å². The van der Waals surface area contributed by atoms with E-state index < -0.39 is 0 Å². The second-order valence-electron chi connectivity index (χ2n) is 4.97. The summed E-state index contributed by atoms with van der Waals surface area (Å²) in [4.78, 5) is 0. The minimum atomic E-state index is 0.0672. The number of ether oxygens (including phenoxy) is 1. The zero-order valence-electron chi connectivity index (χ0n) is 11.2. The standard InChI is InChI=1S/C13H16ClN5O/c1-8(12-3-2-6-20-12)19-13(16-17-18-19)10-5-4-9(14)7-11(10)15/h4-5,7-8,12H,2-3,6,15H2,1H3. The molecule has 0 spiro atoms. The van der Waals surface area contributed by atoms with Crippen LogP contribution < -0.4 is 5.73 Å². The third-order valence-electron chi connectivity index (χ3n) is 3.64. The molecule has 6 nitrogen and oxygen atoms in total. The Bertz CT molecular complexity index is 609. The van der Waals surface area contributed by atoms with E-state index in [9.17, 15) is 0 Å². The molecule has 2 unspecified atom stereocenters. The number of halogens is 1. The van der Waals surface area contributed by atoms with E-state index in [4.69, 9.17) is 22.1 Å². The van der Waals surface area contributed by atoms with Gasteiger partial charge in [0.15, 0.2) is 5.82 Å². The van der Waals surface area contributed by atoms with E-state index in [0.717, 1.165) is 25.0 Å². The molecule has 1 aromatic carbocycles. The van der Waals surface area contributed by atoms with E-state index in [1.807, 2.05) is 6.07 Å². The van der Waals surface area contributed by atoms with Gasteiger partial charge in [-0.25, -0.2) is 4.68 Å². The Kier molecular flexibility index (Phi) is 3.58. The Balaban J connectivity index is 1.97. The molecule has 1 fully saturated rings. The quantitative estimate of drug-likeness (QED) is 0.879. The summed E-state index contributed by atoms with van der Waals surface area (Å²) < 4.78 is 7.48. The lowest BCUT2D eigenvalue weighted by atomic mass is 10.1. The zero-order chi connectivity index (χ0) is 14.1. The third kappa shape index (κ3) is 2.36. The molecule has 2 heterocycles. The Hall–Kier alpha value is -1.66. The number of nitrogens with two attached hydrogens (primary N) is 1. The molecule has 2 aromatic rings. The predicted molar refractivity (Wildman–Crippen MR) is 76.4 cm³/mol. The topological polar surface area (TPSA) is 78.8 Å². The number of nitrogens with zero attached hydrogens (tertiary/aromatic N) is 4. The molecule has 2 N–H and O–H groups in total.